The molecule has 0 atom stereocenters. The Kier molecular flexibility index (Phi) is 6.46. The van der Waals surface area contributed by atoms with Crippen molar-refractivity contribution in [3.8, 4) is 0 Å². The molecule has 0 aromatic heterocycles. The lowest BCUT2D eigenvalue weighted by atomic mass is 9.94. The lowest BCUT2D eigenvalue weighted by molar-refractivity contribution is 0.0761. The molecule has 0 aromatic carbocycles. The van der Waals surface area contributed by atoms with Gasteiger partial charge in [-0.2, -0.15) is 0 Å². The van der Waals surface area contributed by atoms with Crippen molar-refractivity contribution >= 4 is 0 Å². The molecule has 2 fully saturated rings. The second-order valence-electron chi connectivity index (χ2n) is 5.76. The number of nitrogens with one attached hydrogen (secondary N) is 1. The van der Waals surface area contributed by atoms with E-state index < -0.39 is 0 Å². The van der Waals surface area contributed by atoms with Gasteiger partial charge in [0.15, 0.2) is 0 Å². The molecule has 106 valence electrons. The van der Waals surface area contributed by atoms with Crippen LogP contribution >= 0.6 is 0 Å². The molecular weight excluding hydrogens is 224 g/mol. The molecule has 3 heteroatoms. The summed E-state index contributed by atoms with van der Waals surface area (Å²) in [5.41, 5.74) is 0. The van der Waals surface area contributed by atoms with Gasteiger partial charge in [0.2, 0.25) is 0 Å². The first-order chi connectivity index (χ1) is 8.90. The summed E-state index contributed by atoms with van der Waals surface area (Å²) in [5, 5.41) is 3.70. The Morgan fingerprint density at radius 3 is 2.44 bits per heavy atom. The minimum Gasteiger partial charge on any atom is -0.381 e. The molecule has 2 rings (SSSR count). The van der Waals surface area contributed by atoms with Crippen LogP contribution in [-0.4, -0.2) is 49.8 Å². The van der Waals surface area contributed by atoms with Gasteiger partial charge in [-0.3, -0.25) is 4.90 Å². The smallest absolute Gasteiger partial charge is 0.0480 e. The first-order valence-corrected chi connectivity index (χ1v) is 7.95. The second kappa shape index (κ2) is 8.13. The summed E-state index contributed by atoms with van der Waals surface area (Å²) < 4.78 is 5.39. The van der Waals surface area contributed by atoms with Crippen LogP contribution in [0.15, 0.2) is 0 Å². The van der Waals surface area contributed by atoms with Crippen LogP contribution in [0, 0.1) is 0 Å². The predicted molar refractivity (Wildman–Crippen MR) is 76.0 cm³/mol. The molecule has 2 aliphatic rings. The van der Waals surface area contributed by atoms with Crippen molar-refractivity contribution in [3.63, 3.8) is 0 Å². The number of hydrogen-bond acceptors (Lipinski definition) is 3. The molecule has 0 amide bonds. The quantitative estimate of drug-likeness (QED) is 0.788. The van der Waals surface area contributed by atoms with Crippen molar-refractivity contribution < 1.29 is 4.74 Å². The summed E-state index contributed by atoms with van der Waals surface area (Å²) in [5.74, 6) is 0. The van der Waals surface area contributed by atoms with E-state index in [0.717, 1.165) is 25.8 Å². The first-order valence-electron chi connectivity index (χ1n) is 7.95. The molecule has 1 heterocycles. The van der Waals surface area contributed by atoms with Crippen LogP contribution in [0.2, 0.25) is 0 Å². The van der Waals surface area contributed by atoms with Gasteiger partial charge in [-0.05, 0) is 32.2 Å². The third-order valence-corrected chi connectivity index (χ3v) is 4.55. The predicted octanol–water partition coefficient (Wildman–Crippen LogP) is 2.41. The summed E-state index contributed by atoms with van der Waals surface area (Å²) in [6, 6.07) is 1.56. The lowest BCUT2D eigenvalue weighted by Gasteiger charge is -2.34. The third kappa shape index (κ3) is 4.52. The Morgan fingerprint density at radius 2 is 1.78 bits per heavy atom. The number of hydrogen-bond donors (Lipinski definition) is 1. The SMILES string of the molecule is CCN(CCNC1CCOCC1)C1CCCCC1. The molecule has 3 nitrogen and oxygen atoms in total. The average Bonchev–Trinajstić information content (AvgIpc) is 2.46. The zero-order chi connectivity index (χ0) is 12.6. The summed E-state index contributed by atoms with van der Waals surface area (Å²) in [6.07, 6.45) is 9.55. The van der Waals surface area contributed by atoms with E-state index in [2.05, 4.69) is 17.1 Å². The van der Waals surface area contributed by atoms with Crippen molar-refractivity contribution in [1.82, 2.24) is 10.2 Å². The van der Waals surface area contributed by atoms with Crippen LogP contribution in [0.25, 0.3) is 0 Å². The molecule has 18 heavy (non-hydrogen) atoms. The fourth-order valence-corrected chi connectivity index (χ4v) is 3.36. The Hall–Kier alpha value is -0.120. The standard InChI is InChI=1S/C15H30N2O/c1-2-17(15-6-4-3-5-7-15)11-10-16-14-8-12-18-13-9-14/h14-16H,2-13H2,1H3. The van der Waals surface area contributed by atoms with Gasteiger partial charge >= 0.3 is 0 Å². The number of nitrogens with zero attached hydrogens (tertiary/aromatic N) is 1. The highest BCUT2D eigenvalue weighted by atomic mass is 16.5. The summed E-state index contributed by atoms with van der Waals surface area (Å²) in [7, 11) is 0. The van der Waals surface area contributed by atoms with Crippen LogP contribution < -0.4 is 5.32 Å². The van der Waals surface area contributed by atoms with Crippen molar-refractivity contribution in [2.24, 2.45) is 0 Å². The Balaban J connectivity index is 1.63. The van der Waals surface area contributed by atoms with Crippen molar-refractivity contribution in [1.29, 1.82) is 0 Å². The highest BCUT2D eigenvalue weighted by molar-refractivity contribution is 4.77. The van der Waals surface area contributed by atoms with Crippen LogP contribution in [0.5, 0.6) is 0 Å². The normalized spacial score (nSPS) is 23.7. The van der Waals surface area contributed by atoms with Gasteiger partial charge in [-0.1, -0.05) is 26.2 Å². The van der Waals surface area contributed by atoms with Crippen molar-refractivity contribution in [3.05, 3.63) is 0 Å². The second-order valence-corrected chi connectivity index (χ2v) is 5.76. The largest absolute Gasteiger partial charge is 0.381 e. The summed E-state index contributed by atoms with van der Waals surface area (Å²) in [4.78, 5) is 2.69. The summed E-state index contributed by atoms with van der Waals surface area (Å²) in [6.45, 7) is 7.77. The highest BCUT2D eigenvalue weighted by Crippen LogP contribution is 2.22. The molecule has 1 saturated carbocycles. The van der Waals surface area contributed by atoms with Gasteiger partial charge in [0.25, 0.3) is 0 Å². The van der Waals surface area contributed by atoms with Crippen LogP contribution in [0.4, 0.5) is 0 Å². The molecule has 0 bridgehead atoms. The maximum Gasteiger partial charge on any atom is 0.0480 e. The van der Waals surface area contributed by atoms with Gasteiger partial charge in [-0.25, -0.2) is 0 Å². The maximum atomic E-state index is 5.39. The van der Waals surface area contributed by atoms with Crippen molar-refractivity contribution in [2.45, 2.75) is 64.0 Å². The Bertz CT molecular complexity index is 211. The van der Waals surface area contributed by atoms with E-state index >= 15 is 0 Å². The van der Waals surface area contributed by atoms with E-state index in [1.54, 1.807) is 0 Å². The minimum atomic E-state index is 0.698. The number of ether oxygens (including phenoxy) is 1. The Morgan fingerprint density at radius 1 is 1.06 bits per heavy atom. The summed E-state index contributed by atoms with van der Waals surface area (Å²) >= 11 is 0. The highest BCUT2D eigenvalue weighted by Gasteiger charge is 2.20. The van der Waals surface area contributed by atoms with E-state index in [1.165, 1.54) is 58.0 Å². The van der Waals surface area contributed by atoms with Gasteiger partial charge in [0, 0.05) is 38.4 Å². The van der Waals surface area contributed by atoms with E-state index in [1.807, 2.05) is 0 Å². The zero-order valence-electron chi connectivity index (χ0n) is 12.0. The molecule has 0 unspecified atom stereocenters. The molecular formula is C15H30N2O. The fraction of sp³-hybridized carbons (Fsp3) is 1.00. The van der Waals surface area contributed by atoms with Gasteiger partial charge in [0.1, 0.15) is 0 Å². The Labute approximate surface area is 112 Å². The average molecular weight is 254 g/mol. The van der Waals surface area contributed by atoms with Crippen LogP contribution in [-0.2, 0) is 4.74 Å². The van der Waals surface area contributed by atoms with Gasteiger partial charge in [-0.15, -0.1) is 0 Å². The molecule has 0 radical (unpaired) electrons. The number of rotatable bonds is 6. The first kappa shape index (κ1) is 14.3. The van der Waals surface area contributed by atoms with Gasteiger partial charge in [0.05, 0.1) is 0 Å². The maximum absolute atomic E-state index is 5.39. The fourth-order valence-electron chi connectivity index (χ4n) is 3.36. The number of likely N-dealkylation sites (N-methyl/N-ethyl adjacent to an activating group) is 1. The van der Waals surface area contributed by atoms with E-state index in [4.69, 9.17) is 4.74 Å². The van der Waals surface area contributed by atoms with E-state index in [9.17, 15) is 0 Å². The minimum absolute atomic E-state index is 0.698. The molecule has 1 aliphatic carbocycles. The molecule has 1 aliphatic heterocycles. The van der Waals surface area contributed by atoms with E-state index in [0.29, 0.717) is 6.04 Å². The monoisotopic (exact) mass is 254 g/mol. The van der Waals surface area contributed by atoms with Gasteiger partial charge < -0.3 is 10.1 Å². The van der Waals surface area contributed by atoms with Crippen LogP contribution in [0.3, 0.4) is 0 Å². The zero-order valence-corrected chi connectivity index (χ0v) is 12.0. The molecule has 1 saturated heterocycles. The van der Waals surface area contributed by atoms with Crippen LogP contribution in [0.1, 0.15) is 51.9 Å². The van der Waals surface area contributed by atoms with Crippen molar-refractivity contribution in [2.75, 3.05) is 32.8 Å². The topological polar surface area (TPSA) is 24.5 Å². The molecule has 1 N–H and O–H groups in total. The van der Waals surface area contributed by atoms with E-state index in [-0.39, 0.29) is 0 Å². The molecule has 0 spiro atoms. The lowest BCUT2D eigenvalue weighted by Crippen LogP contribution is -2.43. The third-order valence-electron chi connectivity index (χ3n) is 4.55. The molecule has 0 aromatic rings.